The molecule has 6 heteroatoms. The number of morpholine rings is 1. The van der Waals surface area contributed by atoms with E-state index in [0.717, 1.165) is 48.8 Å². The molecule has 6 nitrogen and oxygen atoms in total. The molecule has 0 unspecified atom stereocenters. The molecule has 0 saturated carbocycles. The molecule has 0 radical (unpaired) electrons. The maximum absolute atomic E-state index is 12.6. The predicted molar refractivity (Wildman–Crippen MR) is 120 cm³/mol. The lowest BCUT2D eigenvalue weighted by molar-refractivity contribution is -0.130. The van der Waals surface area contributed by atoms with Crippen LogP contribution in [0.15, 0.2) is 60.7 Å². The van der Waals surface area contributed by atoms with Crippen molar-refractivity contribution in [2.75, 3.05) is 49.6 Å². The van der Waals surface area contributed by atoms with Crippen LogP contribution >= 0.6 is 0 Å². The maximum atomic E-state index is 12.6. The molecule has 3 rings (SSSR count). The van der Waals surface area contributed by atoms with Crippen LogP contribution in [-0.2, 0) is 14.3 Å². The molecule has 1 saturated heterocycles. The highest BCUT2D eigenvalue weighted by Gasteiger charge is 2.15. The van der Waals surface area contributed by atoms with Gasteiger partial charge in [-0.15, -0.1) is 0 Å². The summed E-state index contributed by atoms with van der Waals surface area (Å²) in [4.78, 5) is 28.9. The van der Waals surface area contributed by atoms with E-state index in [-0.39, 0.29) is 18.4 Å². The van der Waals surface area contributed by atoms with E-state index in [0.29, 0.717) is 6.54 Å². The van der Waals surface area contributed by atoms with Gasteiger partial charge in [-0.3, -0.25) is 9.59 Å². The van der Waals surface area contributed by atoms with Crippen molar-refractivity contribution in [3.05, 3.63) is 66.2 Å². The Morgan fingerprint density at radius 3 is 2.37 bits per heavy atom. The van der Waals surface area contributed by atoms with Crippen LogP contribution < -0.4 is 10.2 Å². The fourth-order valence-corrected chi connectivity index (χ4v) is 3.36. The second-order valence-corrected chi connectivity index (χ2v) is 7.24. The summed E-state index contributed by atoms with van der Waals surface area (Å²) in [5.41, 5.74) is 3.70. The van der Waals surface area contributed by atoms with E-state index < -0.39 is 0 Å². The Labute approximate surface area is 178 Å². The van der Waals surface area contributed by atoms with E-state index in [1.807, 2.05) is 68.4 Å². The van der Waals surface area contributed by atoms with E-state index in [1.54, 1.807) is 6.08 Å². The standard InChI is InChI=1S/C24H29N3O3/c1-3-26(24(29)17-19(2)20-7-5-4-6-8-20)18-23(28)25-21-9-11-22(12-10-21)27-13-15-30-16-14-27/h4-12,17H,3,13-16,18H2,1-2H3,(H,25,28)/b19-17-. The first-order chi connectivity index (χ1) is 14.6. The average Bonchev–Trinajstić information content (AvgIpc) is 2.79. The van der Waals surface area contributed by atoms with Crippen molar-refractivity contribution in [3.63, 3.8) is 0 Å². The number of carbonyl (C=O) groups is 2. The number of ether oxygens (including phenoxy) is 1. The molecule has 2 amide bonds. The molecule has 1 N–H and O–H groups in total. The van der Waals surface area contributed by atoms with Crippen molar-refractivity contribution in [1.82, 2.24) is 4.90 Å². The smallest absolute Gasteiger partial charge is 0.247 e. The molecular formula is C24H29N3O3. The lowest BCUT2D eigenvalue weighted by Crippen LogP contribution is -2.37. The van der Waals surface area contributed by atoms with Gasteiger partial charge in [-0.25, -0.2) is 0 Å². The van der Waals surface area contributed by atoms with Gasteiger partial charge in [0.05, 0.1) is 13.2 Å². The van der Waals surface area contributed by atoms with Crippen molar-refractivity contribution < 1.29 is 14.3 Å². The normalized spacial score (nSPS) is 14.3. The van der Waals surface area contributed by atoms with Crippen molar-refractivity contribution in [2.45, 2.75) is 13.8 Å². The number of rotatable bonds is 7. The summed E-state index contributed by atoms with van der Waals surface area (Å²) in [6.45, 7) is 7.45. The number of carbonyl (C=O) groups excluding carboxylic acids is 2. The molecule has 0 aromatic heterocycles. The van der Waals surface area contributed by atoms with Crippen LogP contribution in [0, 0.1) is 0 Å². The van der Waals surface area contributed by atoms with Gasteiger partial charge < -0.3 is 19.9 Å². The molecule has 0 bridgehead atoms. The molecule has 0 atom stereocenters. The Morgan fingerprint density at radius 2 is 1.73 bits per heavy atom. The number of likely N-dealkylation sites (N-methyl/N-ethyl adjacent to an activating group) is 1. The van der Waals surface area contributed by atoms with Crippen LogP contribution in [-0.4, -0.2) is 56.1 Å². The molecule has 2 aromatic rings. The van der Waals surface area contributed by atoms with Crippen molar-refractivity contribution >= 4 is 28.8 Å². The van der Waals surface area contributed by atoms with Crippen LogP contribution in [0.1, 0.15) is 19.4 Å². The second kappa shape index (κ2) is 10.6. The van der Waals surface area contributed by atoms with Gasteiger partial charge in [0.2, 0.25) is 11.8 Å². The Balaban J connectivity index is 1.56. The first-order valence-electron chi connectivity index (χ1n) is 10.3. The topological polar surface area (TPSA) is 61.9 Å². The molecule has 1 aliphatic rings. The van der Waals surface area contributed by atoms with E-state index in [4.69, 9.17) is 4.74 Å². The average molecular weight is 408 g/mol. The number of hydrogen-bond acceptors (Lipinski definition) is 4. The van der Waals surface area contributed by atoms with Gasteiger partial charge in [-0.1, -0.05) is 30.3 Å². The van der Waals surface area contributed by atoms with Gasteiger partial charge in [0, 0.05) is 37.1 Å². The highest BCUT2D eigenvalue weighted by atomic mass is 16.5. The number of benzene rings is 2. The Morgan fingerprint density at radius 1 is 1.07 bits per heavy atom. The third-order valence-electron chi connectivity index (χ3n) is 5.12. The Bertz CT molecular complexity index is 872. The molecule has 1 heterocycles. The summed E-state index contributed by atoms with van der Waals surface area (Å²) < 4.78 is 5.38. The number of amides is 2. The summed E-state index contributed by atoms with van der Waals surface area (Å²) in [5.74, 6) is -0.383. The molecule has 0 spiro atoms. The number of hydrogen-bond donors (Lipinski definition) is 1. The van der Waals surface area contributed by atoms with Gasteiger partial charge in [0.15, 0.2) is 0 Å². The fraction of sp³-hybridized carbons (Fsp3) is 0.333. The third kappa shape index (κ3) is 5.94. The zero-order chi connectivity index (χ0) is 21.3. The van der Waals surface area contributed by atoms with E-state index in [1.165, 1.54) is 4.90 Å². The van der Waals surface area contributed by atoms with Gasteiger partial charge in [0.25, 0.3) is 0 Å². The molecule has 0 aliphatic carbocycles. The number of allylic oxidation sites excluding steroid dienone is 1. The van der Waals surface area contributed by atoms with Crippen LogP contribution in [0.3, 0.4) is 0 Å². The summed E-state index contributed by atoms with van der Waals surface area (Å²) >= 11 is 0. The first-order valence-corrected chi connectivity index (χ1v) is 10.3. The minimum absolute atomic E-state index is 0.0130. The van der Waals surface area contributed by atoms with Crippen molar-refractivity contribution in [1.29, 1.82) is 0 Å². The molecule has 1 aliphatic heterocycles. The molecule has 2 aromatic carbocycles. The quantitative estimate of drug-likeness (QED) is 0.715. The van der Waals surface area contributed by atoms with E-state index in [2.05, 4.69) is 10.2 Å². The zero-order valence-electron chi connectivity index (χ0n) is 17.6. The minimum Gasteiger partial charge on any atom is -0.378 e. The molecule has 30 heavy (non-hydrogen) atoms. The SMILES string of the molecule is CCN(CC(=O)Nc1ccc(N2CCOCC2)cc1)C(=O)/C=C(/C)c1ccccc1. The Hall–Kier alpha value is -3.12. The fourth-order valence-electron chi connectivity index (χ4n) is 3.36. The number of nitrogens with zero attached hydrogens (tertiary/aromatic N) is 2. The minimum atomic E-state index is -0.213. The van der Waals surface area contributed by atoms with Gasteiger partial charge in [-0.2, -0.15) is 0 Å². The van der Waals surface area contributed by atoms with Crippen LogP contribution in [0.4, 0.5) is 11.4 Å². The highest BCUT2D eigenvalue weighted by molar-refractivity contribution is 5.99. The monoisotopic (exact) mass is 407 g/mol. The summed E-state index contributed by atoms with van der Waals surface area (Å²) in [5, 5.41) is 2.88. The molecule has 1 fully saturated rings. The van der Waals surface area contributed by atoms with Gasteiger partial charge in [-0.05, 0) is 49.2 Å². The summed E-state index contributed by atoms with van der Waals surface area (Å²) in [6, 6.07) is 17.5. The largest absolute Gasteiger partial charge is 0.378 e. The lowest BCUT2D eigenvalue weighted by atomic mass is 10.1. The highest BCUT2D eigenvalue weighted by Crippen LogP contribution is 2.19. The van der Waals surface area contributed by atoms with Crippen molar-refractivity contribution in [3.8, 4) is 0 Å². The lowest BCUT2D eigenvalue weighted by Gasteiger charge is -2.29. The van der Waals surface area contributed by atoms with Crippen LogP contribution in [0.2, 0.25) is 0 Å². The van der Waals surface area contributed by atoms with Crippen molar-refractivity contribution in [2.24, 2.45) is 0 Å². The van der Waals surface area contributed by atoms with Crippen LogP contribution in [0.5, 0.6) is 0 Å². The van der Waals surface area contributed by atoms with Crippen LogP contribution in [0.25, 0.3) is 5.57 Å². The number of anilines is 2. The predicted octanol–water partition coefficient (Wildman–Crippen LogP) is 3.41. The van der Waals surface area contributed by atoms with E-state index in [9.17, 15) is 9.59 Å². The molecule has 158 valence electrons. The number of nitrogens with one attached hydrogen (secondary N) is 1. The first kappa shape index (κ1) is 21.6. The van der Waals surface area contributed by atoms with E-state index >= 15 is 0 Å². The third-order valence-corrected chi connectivity index (χ3v) is 5.12. The van der Waals surface area contributed by atoms with Gasteiger partial charge >= 0.3 is 0 Å². The molecular weight excluding hydrogens is 378 g/mol. The van der Waals surface area contributed by atoms with Gasteiger partial charge in [0.1, 0.15) is 6.54 Å². The zero-order valence-corrected chi connectivity index (χ0v) is 17.6. The Kier molecular flexibility index (Phi) is 7.63. The summed E-state index contributed by atoms with van der Waals surface area (Å²) in [6.07, 6.45) is 1.59. The maximum Gasteiger partial charge on any atom is 0.247 e. The second-order valence-electron chi connectivity index (χ2n) is 7.24. The summed E-state index contributed by atoms with van der Waals surface area (Å²) in [7, 11) is 0.